The van der Waals surface area contributed by atoms with E-state index in [-0.39, 0.29) is 5.91 Å². The molecule has 0 aliphatic heterocycles. The fourth-order valence-corrected chi connectivity index (χ4v) is 3.76. The van der Waals surface area contributed by atoms with Gasteiger partial charge in [-0.15, -0.1) is 10.2 Å². The molecule has 0 unspecified atom stereocenters. The quantitative estimate of drug-likeness (QED) is 0.445. The number of amides is 1. The van der Waals surface area contributed by atoms with Gasteiger partial charge in [0.25, 0.3) is 5.91 Å². The molecule has 0 saturated carbocycles. The van der Waals surface area contributed by atoms with E-state index in [4.69, 9.17) is 16.3 Å². The zero-order chi connectivity index (χ0) is 19.9. The number of methoxy groups -OCH3 is 1. The van der Waals surface area contributed by atoms with Crippen molar-refractivity contribution in [2.24, 2.45) is 0 Å². The molecular formula is C20H21ClN4O2S. The lowest BCUT2D eigenvalue weighted by Crippen LogP contribution is -2.26. The number of rotatable bonds is 8. The van der Waals surface area contributed by atoms with Crippen molar-refractivity contribution in [2.75, 3.05) is 20.3 Å². The Morgan fingerprint density at radius 1 is 1.21 bits per heavy atom. The lowest BCUT2D eigenvalue weighted by atomic mass is 10.1. The number of hydrogen-bond acceptors (Lipinski definition) is 5. The Hall–Kier alpha value is -2.35. The van der Waals surface area contributed by atoms with Gasteiger partial charge in [0, 0.05) is 30.0 Å². The third-order valence-electron chi connectivity index (χ3n) is 4.04. The van der Waals surface area contributed by atoms with E-state index < -0.39 is 0 Å². The molecule has 0 atom stereocenters. The summed E-state index contributed by atoms with van der Waals surface area (Å²) in [6, 6.07) is 15.2. The number of carbonyl (C=O) groups excluding carboxylic acids is 1. The normalized spacial score (nSPS) is 10.8. The van der Waals surface area contributed by atoms with Crippen LogP contribution in [0.2, 0.25) is 5.02 Å². The summed E-state index contributed by atoms with van der Waals surface area (Å²) in [6.45, 7) is 2.90. The van der Waals surface area contributed by atoms with Crippen molar-refractivity contribution < 1.29 is 9.53 Å². The van der Waals surface area contributed by atoms with Gasteiger partial charge >= 0.3 is 0 Å². The van der Waals surface area contributed by atoms with E-state index in [0.717, 1.165) is 22.2 Å². The maximum atomic E-state index is 12.0. The molecule has 3 rings (SSSR count). The molecule has 1 aromatic heterocycles. The molecule has 0 radical (unpaired) electrons. The fraction of sp³-hybridized carbons (Fsp3) is 0.250. The number of halogens is 1. The summed E-state index contributed by atoms with van der Waals surface area (Å²) in [5.74, 6) is 1.41. The molecule has 0 bridgehead atoms. The van der Waals surface area contributed by atoms with Crippen LogP contribution in [-0.2, 0) is 10.5 Å². The Kier molecular flexibility index (Phi) is 7.08. The maximum absolute atomic E-state index is 12.0. The summed E-state index contributed by atoms with van der Waals surface area (Å²) in [5.41, 5.74) is 2.65. The standard InChI is InChI=1S/C20H21ClN4O2S/c1-14-23-24-20(25(14)18-5-3-4-17(21)12-18)28-13-15-6-8-16(9-7-15)19(26)22-10-11-27-2/h3-9,12H,10-11,13H2,1-2H3,(H,22,26). The molecule has 2 aromatic carbocycles. The van der Waals surface area contributed by atoms with Gasteiger partial charge in [0.2, 0.25) is 0 Å². The van der Waals surface area contributed by atoms with E-state index in [2.05, 4.69) is 15.5 Å². The van der Waals surface area contributed by atoms with Crippen LogP contribution >= 0.6 is 23.4 Å². The third kappa shape index (κ3) is 5.13. The highest BCUT2D eigenvalue weighted by Crippen LogP contribution is 2.26. The average Bonchev–Trinajstić information content (AvgIpc) is 3.07. The van der Waals surface area contributed by atoms with Crippen LogP contribution in [-0.4, -0.2) is 40.9 Å². The second-order valence-electron chi connectivity index (χ2n) is 6.08. The number of carbonyl (C=O) groups is 1. The summed E-state index contributed by atoms with van der Waals surface area (Å²) in [4.78, 5) is 12.0. The fourth-order valence-electron chi connectivity index (χ4n) is 2.62. The number of thioether (sulfide) groups is 1. The van der Waals surface area contributed by atoms with Crippen LogP contribution in [0.3, 0.4) is 0 Å². The molecule has 0 aliphatic rings. The van der Waals surface area contributed by atoms with Crippen LogP contribution in [0.4, 0.5) is 0 Å². The zero-order valence-corrected chi connectivity index (χ0v) is 17.3. The van der Waals surface area contributed by atoms with Gasteiger partial charge in [-0.25, -0.2) is 0 Å². The first-order valence-corrected chi connectivity index (χ1v) is 10.1. The topological polar surface area (TPSA) is 69.0 Å². The molecule has 146 valence electrons. The zero-order valence-electron chi connectivity index (χ0n) is 15.7. The number of nitrogens with zero attached hydrogens (tertiary/aromatic N) is 3. The van der Waals surface area contributed by atoms with Gasteiger partial charge in [0.05, 0.1) is 12.3 Å². The van der Waals surface area contributed by atoms with Crippen molar-refractivity contribution in [3.05, 3.63) is 70.5 Å². The highest BCUT2D eigenvalue weighted by molar-refractivity contribution is 7.98. The van der Waals surface area contributed by atoms with Crippen LogP contribution in [0.5, 0.6) is 0 Å². The van der Waals surface area contributed by atoms with Crippen molar-refractivity contribution in [3.63, 3.8) is 0 Å². The van der Waals surface area contributed by atoms with E-state index in [1.807, 2.05) is 60.0 Å². The number of ether oxygens (including phenoxy) is 1. The molecule has 0 spiro atoms. The van der Waals surface area contributed by atoms with Gasteiger partial charge < -0.3 is 10.1 Å². The first kappa shape index (κ1) is 20.4. The van der Waals surface area contributed by atoms with E-state index in [1.165, 1.54) is 0 Å². The smallest absolute Gasteiger partial charge is 0.251 e. The summed E-state index contributed by atoms with van der Waals surface area (Å²) in [7, 11) is 1.60. The third-order valence-corrected chi connectivity index (χ3v) is 5.27. The second kappa shape index (κ2) is 9.73. The van der Waals surface area contributed by atoms with Gasteiger partial charge in [0.1, 0.15) is 5.82 Å². The molecule has 3 aromatic rings. The number of hydrogen-bond donors (Lipinski definition) is 1. The predicted octanol–water partition coefficient (Wildman–Crippen LogP) is 3.90. The molecule has 0 saturated heterocycles. The van der Waals surface area contributed by atoms with Crippen LogP contribution in [0, 0.1) is 6.92 Å². The van der Waals surface area contributed by atoms with Crippen molar-refractivity contribution >= 4 is 29.3 Å². The molecule has 1 N–H and O–H groups in total. The summed E-state index contributed by atoms with van der Waals surface area (Å²) in [6.07, 6.45) is 0. The Bertz CT molecular complexity index is 944. The molecule has 6 nitrogen and oxygen atoms in total. The summed E-state index contributed by atoms with van der Waals surface area (Å²) >= 11 is 7.70. The van der Waals surface area contributed by atoms with Gasteiger partial charge in [-0.2, -0.15) is 0 Å². The molecular weight excluding hydrogens is 396 g/mol. The van der Waals surface area contributed by atoms with Crippen LogP contribution in [0.15, 0.2) is 53.7 Å². The molecule has 8 heteroatoms. The van der Waals surface area contributed by atoms with E-state index >= 15 is 0 Å². The van der Waals surface area contributed by atoms with Crippen molar-refractivity contribution in [3.8, 4) is 5.69 Å². The van der Waals surface area contributed by atoms with Crippen molar-refractivity contribution in [1.29, 1.82) is 0 Å². The predicted molar refractivity (Wildman–Crippen MR) is 111 cm³/mol. The van der Waals surface area contributed by atoms with E-state index in [0.29, 0.717) is 29.5 Å². The van der Waals surface area contributed by atoms with Gasteiger partial charge in [0.15, 0.2) is 5.16 Å². The van der Waals surface area contributed by atoms with E-state index in [9.17, 15) is 4.79 Å². The lowest BCUT2D eigenvalue weighted by molar-refractivity contribution is 0.0937. The second-order valence-corrected chi connectivity index (χ2v) is 7.46. The number of benzene rings is 2. The summed E-state index contributed by atoms with van der Waals surface area (Å²) < 4.78 is 6.91. The lowest BCUT2D eigenvalue weighted by Gasteiger charge is -2.09. The summed E-state index contributed by atoms with van der Waals surface area (Å²) in [5, 5.41) is 12.7. The van der Waals surface area contributed by atoms with Gasteiger partial charge in [-0.05, 0) is 42.8 Å². The SMILES string of the molecule is COCCNC(=O)c1ccc(CSc2nnc(C)n2-c2cccc(Cl)c2)cc1. The van der Waals surface area contributed by atoms with Crippen molar-refractivity contribution in [2.45, 2.75) is 17.8 Å². The molecule has 1 amide bonds. The molecule has 1 heterocycles. The highest BCUT2D eigenvalue weighted by atomic mass is 35.5. The van der Waals surface area contributed by atoms with Crippen LogP contribution in [0.1, 0.15) is 21.7 Å². The first-order valence-electron chi connectivity index (χ1n) is 8.75. The molecule has 0 aliphatic carbocycles. The van der Waals surface area contributed by atoms with Gasteiger partial charge in [-0.3, -0.25) is 9.36 Å². The minimum atomic E-state index is -0.104. The minimum Gasteiger partial charge on any atom is -0.383 e. The Balaban J connectivity index is 1.66. The highest BCUT2D eigenvalue weighted by Gasteiger charge is 2.12. The monoisotopic (exact) mass is 416 g/mol. The number of nitrogens with one attached hydrogen (secondary N) is 1. The van der Waals surface area contributed by atoms with E-state index in [1.54, 1.807) is 18.9 Å². The van der Waals surface area contributed by atoms with Crippen LogP contribution < -0.4 is 5.32 Å². The van der Waals surface area contributed by atoms with Crippen LogP contribution in [0.25, 0.3) is 5.69 Å². The maximum Gasteiger partial charge on any atom is 0.251 e. The Labute approximate surface area is 173 Å². The Morgan fingerprint density at radius 2 is 2.00 bits per heavy atom. The largest absolute Gasteiger partial charge is 0.383 e. The molecule has 0 fully saturated rings. The number of aryl methyl sites for hydroxylation is 1. The Morgan fingerprint density at radius 3 is 2.71 bits per heavy atom. The average molecular weight is 417 g/mol. The number of aromatic nitrogens is 3. The molecule has 28 heavy (non-hydrogen) atoms. The first-order chi connectivity index (χ1) is 13.6. The van der Waals surface area contributed by atoms with Crippen molar-refractivity contribution in [1.82, 2.24) is 20.1 Å². The minimum absolute atomic E-state index is 0.104. The van der Waals surface area contributed by atoms with Gasteiger partial charge in [-0.1, -0.05) is 41.6 Å².